The third-order valence-corrected chi connectivity index (χ3v) is 8.77. The van der Waals surface area contributed by atoms with Gasteiger partial charge in [0.15, 0.2) is 0 Å². The third kappa shape index (κ3) is 4.62. The Morgan fingerprint density at radius 3 is 2.56 bits per heavy atom. The SMILES string of the molecule is CCCCCCN1C(=O)C2C(C(=O)Nc3ccc(Br)cc3)C3C=CC2(O3)C1C(=O)NC1CCCCC1. The van der Waals surface area contributed by atoms with E-state index in [4.69, 9.17) is 4.74 Å². The van der Waals surface area contributed by atoms with E-state index in [0.717, 1.165) is 55.8 Å². The Hall–Kier alpha value is -2.19. The molecule has 1 aromatic rings. The average Bonchev–Trinajstić information content (AvgIpc) is 3.51. The molecular weight excluding hydrogens is 522 g/mol. The van der Waals surface area contributed by atoms with Gasteiger partial charge in [-0.3, -0.25) is 14.4 Å². The summed E-state index contributed by atoms with van der Waals surface area (Å²) in [7, 11) is 0. The van der Waals surface area contributed by atoms with Crippen LogP contribution in [0.1, 0.15) is 64.7 Å². The highest BCUT2D eigenvalue weighted by Crippen LogP contribution is 2.55. The van der Waals surface area contributed by atoms with Gasteiger partial charge >= 0.3 is 0 Å². The smallest absolute Gasteiger partial charge is 0.246 e. The molecule has 3 aliphatic heterocycles. The molecule has 2 N–H and O–H groups in total. The minimum atomic E-state index is -1.09. The van der Waals surface area contributed by atoms with Crippen LogP contribution in [0.5, 0.6) is 0 Å². The van der Waals surface area contributed by atoms with Gasteiger partial charge in [0.1, 0.15) is 11.6 Å². The van der Waals surface area contributed by atoms with Crippen LogP contribution in [0.3, 0.4) is 0 Å². The fraction of sp³-hybridized carbons (Fsp3) is 0.607. The molecule has 3 heterocycles. The van der Waals surface area contributed by atoms with Crippen LogP contribution in [0.15, 0.2) is 40.9 Å². The lowest BCUT2D eigenvalue weighted by Gasteiger charge is -2.34. The Bertz CT molecular complexity index is 1020. The Morgan fingerprint density at radius 2 is 1.83 bits per heavy atom. The predicted molar refractivity (Wildman–Crippen MR) is 141 cm³/mol. The zero-order chi connectivity index (χ0) is 25.3. The van der Waals surface area contributed by atoms with Crippen molar-refractivity contribution in [2.45, 2.75) is 88.5 Å². The van der Waals surface area contributed by atoms with Crippen molar-refractivity contribution in [3.63, 3.8) is 0 Å². The number of carbonyl (C=O) groups is 3. The maximum atomic E-state index is 13.9. The maximum Gasteiger partial charge on any atom is 0.246 e. The summed E-state index contributed by atoms with van der Waals surface area (Å²) in [4.78, 5) is 42.8. The first kappa shape index (κ1) is 25.5. The second-order valence-electron chi connectivity index (χ2n) is 10.6. The molecule has 5 rings (SSSR count). The van der Waals surface area contributed by atoms with Gasteiger partial charge in [0.25, 0.3) is 0 Å². The zero-order valence-corrected chi connectivity index (χ0v) is 22.5. The molecule has 0 radical (unpaired) electrons. The number of nitrogens with one attached hydrogen (secondary N) is 2. The number of hydrogen-bond acceptors (Lipinski definition) is 4. The molecule has 1 aromatic carbocycles. The molecule has 36 heavy (non-hydrogen) atoms. The highest BCUT2D eigenvalue weighted by Gasteiger charge is 2.72. The van der Waals surface area contributed by atoms with Crippen LogP contribution >= 0.6 is 15.9 Å². The largest absolute Gasteiger partial charge is 0.359 e. The fourth-order valence-corrected chi connectivity index (χ4v) is 6.77. The molecule has 7 nitrogen and oxygen atoms in total. The molecule has 194 valence electrons. The third-order valence-electron chi connectivity index (χ3n) is 8.24. The van der Waals surface area contributed by atoms with Crippen LogP contribution in [0.2, 0.25) is 0 Å². The van der Waals surface area contributed by atoms with Gasteiger partial charge in [-0.15, -0.1) is 0 Å². The van der Waals surface area contributed by atoms with Crippen molar-refractivity contribution in [1.82, 2.24) is 10.2 Å². The molecule has 1 saturated carbocycles. The monoisotopic (exact) mass is 557 g/mol. The van der Waals surface area contributed by atoms with Gasteiger partial charge in [-0.05, 0) is 43.5 Å². The van der Waals surface area contributed by atoms with Crippen molar-refractivity contribution >= 4 is 39.3 Å². The normalized spacial score (nSPS) is 31.1. The first-order chi connectivity index (χ1) is 17.4. The van der Waals surface area contributed by atoms with E-state index in [2.05, 4.69) is 33.5 Å². The lowest BCUT2D eigenvalue weighted by Crippen LogP contribution is -2.56. The number of likely N-dealkylation sites (tertiary alicyclic amines) is 1. The molecular formula is C28H36BrN3O4. The van der Waals surface area contributed by atoms with Crippen LogP contribution in [0, 0.1) is 11.8 Å². The number of anilines is 1. The molecule has 2 saturated heterocycles. The minimum Gasteiger partial charge on any atom is -0.359 e. The van der Waals surface area contributed by atoms with Crippen molar-refractivity contribution in [2.75, 3.05) is 11.9 Å². The van der Waals surface area contributed by atoms with Crippen molar-refractivity contribution in [3.8, 4) is 0 Å². The fourth-order valence-electron chi connectivity index (χ4n) is 6.50. The number of halogens is 1. The maximum absolute atomic E-state index is 13.9. The molecule has 3 amide bonds. The molecule has 1 spiro atoms. The van der Waals surface area contributed by atoms with Gasteiger partial charge in [0.05, 0.1) is 17.9 Å². The lowest BCUT2D eigenvalue weighted by molar-refractivity contribution is -0.141. The molecule has 4 aliphatic rings. The van der Waals surface area contributed by atoms with Gasteiger partial charge in [-0.1, -0.05) is 73.5 Å². The summed E-state index contributed by atoms with van der Waals surface area (Å²) in [6.07, 6.45) is 12.6. The number of unbranched alkanes of at least 4 members (excludes halogenated alkanes) is 3. The lowest BCUT2D eigenvalue weighted by atomic mass is 9.74. The first-order valence-corrected chi connectivity index (χ1v) is 14.3. The average molecular weight is 559 g/mol. The van der Waals surface area contributed by atoms with E-state index in [1.54, 1.807) is 4.90 Å². The number of rotatable bonds is 9. The zero-order valence-electron chi connectivity index (χ0n) is 20.9. The number of amides is 3. The molecule has 5 atom stereocenters. The number of fused-ring (bicyclic) bond motifs is 1. The molecule has 0 aromatic heterocycles. The first-order valence-electron chi connectivity index (χ1n) is 13.5. The summed E-state index contributed by atoms with van der Waals surface area (Å²) in [5, 5.41) is 6.21. The quantitative estimate of drug-likeness (QED) is 0.344. The van der Waals surface area contributed by atoms with E-state index in [1.807, 2.05) is 36.4 Å². The standard InChI is InChI=1S/C28H36BrN3O4/c1-2-3-4-8-17-32-24(26(34)31-19-9-6-5-7-10-19)28-16-15-21(36-28)22(23(28)27(32)35)25(33)30-20-13-11-18(29)12-14-20/h11-16,19,21-24H,2-10,17H2,1H3,(H,30,33)(H,31,34). The molecule has 5 unspecified atom stereocenters. The van der Waals surface area contributed by atoms with Crippen molar-refractivity contribution in [3.05, 3.63) is 40.9 Å². The van der Waals surface area contributed by atoms with Crippen LogP contribution in [-0.2, 0) is 19.1 Å². The van der Waals surface area contributed by atoms with Crippen molar-refractivity contribution in [2.24, 2.45) is 11.8 Å². The van der Waals surface area contributed by atoms with E-state index in [1.165, 1.54) is 6.42 Å². The summed E-state index contributed by atoms with van der Waals surface area (Å²) in [6, 6.07) is 6.75. The van der Waals surface area contributed by atoms with Crippen LogP contribution in [0.25, 0.3) is 0 Å². The van der Waals surface area contributed by atoms with Crippen molar-refractivity contribution in [1.29, 1.82) is 0 Å². The van der Waals surface area contributed by atoms with E-state index in [0.29, 0.717) is 12.2 Å². The summed E-state index contributed by atoms with van der Waals surface area (Å²) in [6.45, 7) is 2.65. The number of nitrogens with zero attached hydrogens (tertiary/aromatic N) is 1. The number of carbonyl (C=O) groups excluding carboxylic acids is 3. The summed E-state index contributed by atoms with van der Waals surface area (Å²) in [5.74, 6) is -1.90. The van der Waals surface area contributed by atoms with Gasteiger partial charge in [0.2, 0.25) is 17.7 Å². The Kier molecular flexibility index (Phi) is 7.54. The van der Waals surface area contributed by atoms with Gasteiger partial charge < -0.3 is 20.3 Å². The molecule has 1 aliphatic carbocycles. The summed E-state index contributed by atoms with van der Waals surface area (Å²) in [5.41, 5.74) is -0.426. The highest BCUT2D eigenvalue weighted by atomic mass is 79.9. The van der Waals surface area contributed by atoms with Crippen LogP contribution in [-0.4, -0.2) is 53.0 Å². The molecule has 3 fully saturated rings. The van der Waals surface area contributed by atoms with Crippen LogP contribution in [0.4, 0.5) is 5.69 Å². The molecule has 8 heteroatoms. The Balaban J connectivity index is 1.40. The predicted octanol–water partition coefficient (Wildman–Crippen LogP) is 4.57. The topological polar surface area (TPSA) is 87.7 Å². The Labute approximate surface area is 221 Å². The Morgan fingerprint density at radius 1 is 1.08 bits per heavy atom. The summed E-state index contributed by atoms with van der Waals surface area (Å²) < 4.78 is 7.34. The molecule has 2 bridgehead atoms. The number of benzene rings is 1. The van der Waals surface area contributed by atoms with E-state index >= 15 is 0 Å². The number of ether oxygens (including phenoxy) is 1. The highest BCUT2D eigenvalue weighted by molar-refractivity contribution is 9.10. The summed E-state index contributed by atoms with van der Waals surface area (Å²) >= 11 is 3.41. The van der Waals surface area contributed by atoms with E-state index in [-0.39, 0.29) is 23.8 Å². The van der Waals surface area contributed by atoms with Crippen molar-refractivity contribution < 1.29 is 19.1 Å². The van der Waals surface area contributed by atoms with Crippen LogP contribution < -0.4 is 10.6 Å². The van der Waals surface area contributed by atoms with Gasteiger partial charge in [-0.2, -0.15) is 0 Å². The van der Waals surface area contributed by atoms with E-state index in [9.17, 15) is 14.4 Å². The van der Waals surface area contributed by atoms with E-state index < -0.39 is 29.6 Å². The number of hydrogen-bond donors (Lipinski definition) is 2. The second kappa shape index (κ2) is 10.7. The second-order valence-corrected chi connectivity index (χ2v) is 11.5. The minimum absolute atomic E-state index is 0.137. The van der Waals surface area contributed by atoms with Gasteiger partial charge in [0, 0.05) is 22.7 Å². The van der Waals surface area contributed by atoms with Gasteiger partial charge in [-0.25, -0.2) is 0 Å².